The van der Waals surface area contributed by atoms with Gasteiger partial charge in [-0.2, -0.15) is 0 Å². The smallest absolute Gasteiger partial charge is 0.160 e. The molecule has 3 nitrogen and oxygen atoms in total. The van der Waals surface area contributed by atoms with E-state index in [1.165, 1.54) is 64.0 Å². The fourth-order valence-corrected chi connectivity index (χ4v) is 9.87. The second kappa shape index (κ2) is 14.1. The van der Waals surface area contributed by atoms with E-state index in [0.29, 0.717) is 0 Å². The van der Waals surface area contributed by atoms with Gasteiger partial charge in [-0.3, -0.25) is 0 Å². The maximum absolute atomic E-state index is 5.46. The van der Waals surface area contributed by atoms with Gasteiger partial charge in [-0.25, -0.2) is 9.98 Å². The van der Waals surface area contributed by atoms with E-state index in [0.717, 1.165) is 39.5 Å². The van der Waals surface area contributed by atoms with Crippen LogP contribution < -0.4 is 0 Å². The molecule has 0 fully saturated rings. The second-order valence-electron chi connectivity index (χ2n) is 15.0. The van der Waals surface area contributed by atoms with E-state index in [-0.39, 0.29) is 6.17 Å². The largest absolute Gasteiger partial charge is 0.333 e. The van der Waals surface area contributed by atoms with Crippen LogP contribution in [0.3, 0.4) is 0 Å². The van der Waals surface area contributed by atoms with Crippen molar-refractivity contribution >= 4 is 64.7 Å². The van der Waals surface area contributed by atoms with Gasteiger partial charge in [0, 0.05) is 38.3 Å². The zero-order chi connectivity index (χ0) is 38.6. The number of aliphatic imine (C=N–C) groups is 2. The lowest BCUT2D eigenvalue weighted by atomic mass is 9.92. The third kappa shape index (κ3) is 5.80. The summed E-state index contributed by atoms with van der Waals surface area (Å²) >= 11 is 1.81. The molecule has 11 rings (SSSR count). The van der Waals surface area contributed by atoms with Gasteiger partial charge < -0.3 is 4.90 Å². The molecule has 10 aromatic rings. The number of nitrogens with zero attached hydrogens (tertiary/aromatic N) is 3. The fraction of sp³-hybridized carbons (Fsp3) is 0.0370. The summed E-state index contributed by atoms with van der Waals surface area (Å²) in [4.78, 5) is 13.1. The zero-order valence-corrected chi connectivity index (χ0v) is 32.7. The molecule has 2 heterocycles. The van der Waals surface area contributed by atoms with Crippen molar-refractivity contribution in [1.29, 1.82) is 0 Å². The van der Waals surface area contributed by atoms with Crippen molar-refractivity contribution in [2.45, 2.75) is 6.17 Å². The number of benzene rings is 9. The molecule has 274 valence electrons. The highest BCUT2D eigenvalue weighted by Crippen LogP contribution is 2.40. The Morgan fingerprint density at radius 3 is 1.79 bits per heavy atom. The summed E-state index contributed by atoms with van der Waals surface area (Å²) in [5, 5.41) is 7.60. The summed E-state index contributed by atoms with van der Waals surface area (Å²) in [6, 6.07) is 72.0. The van der Waals surface area contributed by atoms with Gasteiger partial charge in [0.05, 0.1) is 0 Å². The average molecular weight is 760 g/mol. The molecular weight excluding hydrogens is 723 g/mol. The van der Waals surface area contributed by atoms with Crippen LogP contribution in [-0.2, 0) is 0 Å². The van der Waals surface area contributed by atoms with Crippen molar-refractivity contribution in [1.82, 2.24) is 4.90 Å². The molecule has 1 unspecified atom stereocenters. The minimum atomic E-state index is -0.284. The van der Waals surface area contributed by atoms with E-state index in [2.05, 4.69) is 212 Å². The van der Waals surface area contributed by atoms with Crippen LogP contribution in [0.5, 0.6) is 0 Å². The molecule has 0 spiro atoms. The fourth-order valence-electron chi connectivity index (χ4n) is 8.66. The number of rotatable bonds is 6. The highest BCUT2D eigenvalue weighted by atomic mass is 32.1. The molecule has 0 saturated carbocycles. The second-order valence-corrected chi connectivity index (χ2v) is 16.0. The topological polar surface area (TPSA) is 28.0 Å². The van der Waals surface area contributed by atoms with E-state index >= 15 is 0 Å². The third-order valence-corrected chi connectivity index (χ3v) is 12.8. The molecule has 0 aliphatic carbocycles. The van der Waals surface area contributed by atoms with Crippen molar-refractivity contribution in [3.8, 4) is 33.4 Å². The Morgan fingerprint density at radius 2 is 1.00 bits per heavy atom. The van der Waals surface area contributed by atoms with Gasteiger partial charge in [-0.1, -0.05) is 182 Å². The van der Waals surface area contributed by atoms with Gasteiger partial charge in [-0.05, 0) is 78.7 Å². The highest BCUT2D eigenvalue weighted by molar-refractivity contribution is 7.26. The van der Waals surface area contributed by atoms with Gasteiger partial charge in [0.15, 0.2) is 5.84 Å². The van der Waals surface area contributed by atoms with E-state index in [9.17, 15) is 0 Å². The summed E-state index contributed by atoms with van der Waals surface area (Å²) in [5.41, 5.74) is 10.4. The number of thiophene rings is 1. The van der Waals surface area contributed by atoms with Crippen molar-refractivity contribution in [3.05, 3.63) is 217 Å². The van der Waals surface area contributed by atoms with Crippen LogP contribution >= 0.6 is 11.3 Å². The van der Waals surface area contributed by atoms with Crippen molar-refractivity contribution in [3.63, 3.8) is 0 Å². The number of fused-ring (bicyclic) bond motifs is 6. The van der Waals surface area contributed by atoms with Crippen LogP contribution in [0.2, 0.25) is 0 Å². The maximum Gasteiger partial charge on any atom is 0.160 e. The Morgan fingerprint density at radius 1 is 0.431 bits per heavy atom. The van der Waals surface area contributed by atoms with Gasteiger partial charge in [-0.15, -0.1) is 11.3 Å². The molecule has 9 aromatic carbocycles. The Bertz CT molecular complexity index is 3230. The van der Waals surface area contributed by atoms with Gasteiger partial charge in [0.2, 0.25) is 0 Å². The van der Waals surface area contributed by atoms with E-state index < -0.39 is 0 Å². The summed E-state index contributed by atoms with van der Waals surface area (Å²) in [6.07, 6.45) is -0.284. The summed E-state index contributed by atoms with van der Waals surface area (Å²) < 4.78 is 2.48. The molecule has 58 heavy (non-hydrogen) atoms. The first-order valence-electron chi connectivity index (χ1n) is 19.7. The molecular formula is C54H37N3S. The Balaban J connectivity index is 0.985. The molecule has 1 aliphatic rings. The first-order valence-corrected chi connectivity index (χ1v) is 20.6. The van der Waals surface area contributed by atoms with Crippen molar-refractivity contribution < 1.29 is 0 Å². The molecule has 0 bridgehead atoms. The molecule has 0 radical (unpaired) electrons. The Hall–Kier alpha value is -7.14. The van der Waals surface area contributed by atoms with Gasteiger partial charge >= 0.3 is 0 Å². The van der Waals surface area contributed by atoms with E-state index in [1.807, 2.05) is 11.3 Å². The van der Waals surface area contributed by atoms with Gasteiger partial charge in [0.25, 0.3) is 0 Å². The highest BCUT2D eigenvalue weighted by Gasteiger charge is 2.29. The number of hydrogen-bond donors (Lipinski definition) is 0. The predicted octanol–water partition coefficient (Wildman–Crippen LogP) is 14.2. The lowest BCUT2D eigenvalue weighted by Gasteiger charge is -2.33. The minimum Gasteiger partial charge on any atom is -0.333 e. The Kier molecular flexibility index (Phi) is 8.30. The zero-order valence-electron chi connectivity index (χ0n) is 31.9. The average Bonchev–Trinajstić information content (AvgIpc) is 3.68. The number of hydrogen-bond acceptors (Lipinski definition) is 4. The molecule has 4 heteroatoms. The van der Waals surface area contributed by atoms with Crippen LogP contribution in [-0.4, -0.2) is 23.6 Å². The first-order chi connectivity index (χ1) is 28.7. The maximum atomic E-state index is 5.46. The molecule has 0 amide bonds. The van der Waals surface area contributed by atoms with Crippen molar-refractivity contribution in [2.75, 3.05) is 7.05 Å². The lowest BCUT2D eigenvalue weighted by Crippen LogP contribution is -2.36. The summed E-state index contributed by atoms with van der Waals surface area (Å²) in [5.74, 6) is 1.65. The molecule has 0 N–H and O–H groups in total. The molecule has 1 atom stereocenters. The van der Waals surface area contributed by atoms with Crippen LogP contribution in [0.4, 0.5) is 0 Å². The SMILES string of the molecule is CN1C(c2ccccc2-c2ccccc2)=NC(c2cccc3c2sc2ccccc23)=NC1c1ccc(-c2ccc(-c3cc4ccccc4c4ccccc34)cc2)cc1. The molecule has 1 aromatic heterocycles. The lowest BCUT2D eigenvalue weighted by molar-refractivity contribution is 0.383. The van der Waals surface area contributed by atoms with Crippen LogP contribution in [0.25, 0.3) is 75.1 Å². The van der Waals surface area contributed by atoms with Crippen molar-refractivity contribution in [2.24, 2.45) is 9.98 Å². The van der Waals surface area contributed by atoms with Crippen LogP contribution in [0, 0.1) is 0 Å². The summed E-state index contributed by atoms with van der Waals surface area (Å²) in [7, 11) is 2.12. The quantitative estimate of drug-likeness (QED) is 0.155. The normalized spacial score (nSPS) is 14.3. The molecule has 0 saturated heterocycles. The minimum absolute atomic E-state index is 0.284. The third-order valence-electron chi connectivity index (χ3n) is 11.6. The first kappa shape index (κ1) is 34.1. The monoisotopic (exact) mass is 759 g/mol. The van der Waals surface area contributed by atoms with Crippen LogP contribution in [0.15, 0.2) is 210 Å². The van der Waals surface area contributed by atoms with E-state index in [1.54, 1.807) is 0 Å². The Labute approximate surface area is 341 Å². The summed E-state index contributed by atoms with van der Waals surface area (Å²) in [6.45, 7) is 0. The van der Waals surface area contributed by atoms with Crippen LogP contribution in [0.1, 0.15) is 22.9 Å². The standard InChI is InChI=1S/C54H37N3S/c1-57-53(39-32-28-36(29-33-39)35-26-30-38(31-27-35)49-34-40-16-5-6-18-42(40)43-19-8-9-20-44(43)49)55-52(48-24-13-23-46-45-21-11-12-25-50(45)58-51(46)48)56-54(57)47-22-10-7-17-41(47)37-14-3-2-4-15-37/h2-34,53H,1H3. The predicted molar refractivity (Wildman–Crippen MR) is 247 cm³/mol. The van der Waals surface area contributed by atoms with E-state index in [4.69, 9.17) is 9.98 Å². The molecule has 1 aliphatic heterocycles. The van der Waals surface area contributed by atoms with Gasteiger partial charge in [0.1, 0.15) is 12.0 Å². The number of amidine groups is 2.